The lowest BCUT2D eigenvalue weighted by molar-refractivity contribution is -0.156. The summed E-state index contributed by atoms with van der Waals surface area (Å²) in [7, 11) is 1.14. The maximum atomic E-state index is 13.0. The van der Waals surface area contributed by atoms with E-state index in [1.165, 1.54) is 12.1 Å². The Balaban J connectivity index is 3.08. The fourth-order valence-electron chi connectivity index (χ4n) is 1.20. The molecule has 0 saturated heterocycles. The van der Waals surface area contributed by atoms with Gasteiger partial charge >= 0.3 is 6.18 Å². The molecule has 0 unspecified atom stereocenters. The number of benzene rings is 1. The predicted molar refractivity (Wildman–Crippen MR) is 44.3 cm³/mol. The van der Waals surface area contributed by atoms with Crippen molar-refractivity contribution in [1.82, 2.24) is 5.32 Å². The molecule has 0 aromatic heterocycles. The molecule has 0 amide bonds. The zero-order chi connectivity index (χ0) is 10.8. The third kappa shape index (κ3) is 2.23. The van der Waals surface area contributed by atoms with Crippen LogP contribution in [0.1, 0.15) is 11.6 Å². The zero-order valence-corrected chi connectivity index (χ0v) is 7.40. The number of hydrogen-bond donors (Lipinski definition) is 1. The lowest BCUT2D eigenvalue weighted by Gasteiger charge is -2.20. The van der Waals surface area contributed by atoms with Gasteiger partial charge in [-0.15, -0.1) is 0 Å². The Kier molecular flexibility index (Phi) is 3.10. The van der Waals surface area contributed by atoms with Crippen LogP contribution in [0.5, 0.6) is 0 Å². The molecule has 1 atom stereocenters. The minimum atomic E-state index is -4.49. The third-order valence-corrected chi connectivity index (χ3v) is 1.83. The summed E-state index contributed by atoms with van der Waals surface area (Å²) in [5, 5.41) is 2.03. The highest BCUT2D eigenvalue weighted by molar-refractivity contribution is 5.22. The first kappa shape index (κ1) is 11.0. The molecular weight excluding hydrogens is 198 g/mol. The van der Waals surface area contributed by atoms with Crippen LogP contribution < -0.4 is 5.32 Å². The van der Waals surface area contributed by atoms with E-state index in [-0.39, 0.29) is 5.56 Å². The second-order valence-electron chi connectivity index (χ2n) is 2.78. The average Bonchev–Trinajstić information content (AvgIpc) is 2.07. The molecule has 1 aromatic carbocycles. The summed E-state index contributed by atoms with van der Waals surface area (Å²) >= 11 is 0. The van der Waals surface area contributed by atoms with E-state index in [1.54, 1.807) is 0 Å². The standard InChI is InChI=1S/C9H9F4N/c1-14-8(9(11,12)13)6-4-2-3-5-7(6)10/h2-5,8,14H,1H3/t8-/m1/s1. The summed E-state index contributed by atoms with van der Waals surface area (Å²) < 4.78 is 50.1. The highest BCUT2D eigenvalue weighted by Gasteiger charge is 2.40. The number of rotatable bonds is 2. The Labute approximate surface area is 78.7 Å². The van der Waals surface area contributed by atoms with E-state index in [2.05, 4.69) is 0 Å². The van der Waals surface area contributed by atoms with Gasteiger partial charge < -0.3 is 5.32 Å². The molecular formula is C9H9F4N. The monoisotopic (exact) mass is 207 g/mol. The maximum absolute atomic E-state index is 13.0. The predicted octanol–water partition coefficient (Wildman–Crippen LogP) is 2.65. The quantitative estimate of drug-likeness (QED) is 0.735. The van der Waals surface area contributed by atoms with Gasteiger partial charge in [0, 0.05) is 5.56 Å². The van der Waals surface area contributed by atoms with Crippen molar-refractivity contribution in [3.05, 3.63) is 35.6 Å². The molecule has 1 nitrogen and oxygen atoms in total. The van der Waals surface area contributed by atoms with Crippen LogP contribution in [-0.2, 0) is 0 Å². The summed E-state index contributed by atoms with van der Waals surface area (Å²) in [5.41, 5.74) is -0.387. The lowest BCUT2D eigenvalue weighted by atomic mass is 10.1. The Morgan fingerprint density at radius 1 is 1.21 bits per heavy atom. The molecule has 0 aliphatic rings. The number of halogens is 4. The van der Waals surface area contributed by atoms with Crippen LogP contribution >= 0.6 is 0 Å². The number of alkyl halides is 3. The topological polar surface area (TPSA) is 12.0 Å². The molecule has 0 aliphatic carbocycles. The van der Waals surface area contributed by atoms with Gasteiger partial charge in [0.1, 0.15) is 11.9 Å². The van der Waals surface area contributed by atoms with E-state index in [0.29, 0.717) is 0 Å². The maximum Gasteiger partial charge on any atom is 0.408 e. The first-order chi connectivity index (χ1) is 6.46. The second kappa shape index (κ2) is 3.96. The first-order valence-electron chi connectivity index (χ1n) is 3.95. The minimum absolute atomic E-state index is 0.387. The molecule has 0 bridgehead atoms. The molecule has 1 N–H and O–H groups in total. The molecule has 0 fully saturated rings. The Morgan fingerprint density at radius 2 is 1.79 bits per heavy atom. The number of hydrogen-bond acceptors (Lipinski definition) is 1. The van der Waals surface area contributed by atoms with E-state index in [0.717, 1.165) is 19.2 Å². The van der Waals surface area contributed by atoms with Crippen LogP contribution in [-0.4, -0.2) is 13.2 Å². The summed E-state index contributed by atoms with van der Waals surface area (Å²) in [4.78, 5) is 0. The largest absolute Gasteiger partial charge is 0.408 e. The Bertz CT molecular complexity index is 308. The normalized spacial score (nSPS) is 14.1. The number of nitrogens with one attached hydrogen (secondary N) is 1. The summed E-state index contributed by atoms with van der Waals surface area (Å²) in [6.07, 6.45) is -4.49. The van der Waals surface area contributed by atoms with Gasteiger partial charge in [0.2, 0.25) is 0 Å². The van der Waals surface area contributed by atoms with E-state index in [1.807, 2.05) is 5.32 Å². The van der Waals surface area contributed by atoms with Crippen molar-refractivity contribution in [3.63, 3.8) is 0 Å². The van der Waals surface area contributed by atoms with Crippen molar-refractivity contribution < 1.29 is 17.6 Å². The molecule has 1 rings (SSSR count). The van der Waals surface area contributed by atoms with Crippen LogP contribution in [0.25, 0.3) is 0 Å². The molecule has 0 aliphatic heterocycles. The van der Waals surface area contributed by atoms with Gasteiger partial charge in [-0.1, -0.05) is 18.2 Å². The highest BCUT2D eigenvalue weighted by Crippen LogP contribution is 2.33. The molecule has 1 aromatic rings. The van der Waals surface area contributed by atoms with Crippen molar-refractivity contribution in [2.24, 2.45) is 0 Å². The van der Waals surface area contributed by atoms with Gasteiger partial charge in [-0.3, -0.25) is 0 Å². The molecule has 78 valence electrons. The zero-order valence-electron chi connectivity index (χ0n) is 7.40. The van der Waals surface area contributed by atoms with E-state index in [9.17, 15) is 17.6 Å². The molecule has 5 heteroatoms. The van der Waals surface area contributed by atoms with Crippen molar-refractivity contribution >= 4 is 0 Å². The van der Waals surface area contributed by atoms with E-state index in [4.69, 9.17) is 0 Å². The van der Waals surface area contributed by atoms with Crippen LogP contribution in [0.15, 0.2) is 24.3 Å². The SMILES string of the molecule is CN[C@H](c1ccccc1F)C(F)(F)F. The van der Waals surface area contributed by atoms with Crippen molar-refractivity contribution in [2.75, 3.05) is 7.05 Å². The molecule has 14 heavy (non-hydrogen) atoms. The smallest absolute Gasteiger partial charge is 0.305 e. The van der Waals surface area contributed by atoms with Gasteiger partial charge in [-0.05, 0) is 13.1 Å². The summed E-state index contributed by atoms with van der Waals surface area (Å²) in [5.74, 6) is -0.857. The van der Waals surface area contributed by atoms with Gasteiger partial charge in [0.05, 0.1) is 0 Å². The first-order valence-corrected chi connectivity index (χ1v) is 3.95. The van der Waals surface area contributed by atoms with Gasteiger partial charge in [0.15, 0.2) is 0 Å². The van der Waals surface area contributed by atoms with Gasteiger partial charge in [-0.25, -0.2) is 4.39 Å². The van der Waals surface area contributed by atoms with E-state index < -0.39 is 18.0 Å². The molecule has 0 heterocycles. The molecule has 0 radical (unpaired) electrons. The van der Waals surface area contributed by atoms with Crippen molar-refractivity contribution in [3.8, 4) is 0 Å². The minimum Gasteiger partial charge on any atom is -0.305 e. The summed E-state index contributed by atoms with van der Waals surface area (Å²) in [6, 6.07) is 2.88. The van der Waals surface area contributed by atoms with Crippen molar-refractivity contribution in [1.29, 1.82) is 0 Å². The molecule has 0 spiro atoms. The lowest BCUT2D eigenvalue weighted by Crippen LogP contribution is -2.32. The molecule has 0 saturated carbocycles. The third-order valence-electron chi connectivity index (χ3n) is 1.83. The Morgan fingerprint density at radius 3 is 2.21 bits per heavy atom. The fraction of sp³-hybridized carbons (Fsp3) is 0.333. The fourth-order valence-corrected chi connectivity index (χ4v) is 1.20. The van der Waals surface area contributed by atoms with Crippen LogP contribution in [0.3, 0.4) is 0 Å². The second-order valence-corrected chi connectivity index (χ2v) is 2.78. The highest BCUT2D eigenvalue weighted by atomic mass is 19.4. The van der Waals surface area contributed by atoms with Crippen molar-refractivity contribution in [2.45, 2.75) is 12.2 Å². The average molecular weight is 207 g/mol. The van der Waals surface area contributed by atoms with Gasteiger partial charge in [-0.2, -0.15) is 13.2 Å². The van der Waals surface area contributed by atoms with Gasteiger partial charge in [0.25, 0.3) is 0 Å². The Hall–Kier alpha value is -1.10. The summed E-state index contributed by atoms with van der Waals surface area (Å²) in [6.45, 7) is 0. The van der Waals surface area contributed by atoms with E-state index >= 15 is 0 Å². The van der Waals surface area contributed by atoms with Crippen LogP contribution in [0.2, 0.25) is 0 Å². The van der Waals surface area contributed by atoms with Crippen LogP contribution in [0.4, 0.5) is 17.6 Å². The van der Waals surface area contributed by atoms with Crippen LogP contribution in [0, 0.1) is 5.82 Å².